The molecule has 0 radical (unpaired) electrons. The van der Waals surface area contributed by atoms with Crippen LogP contribution in [0.15, 0.2) is 0 Å². The Hall–Kier alpha value is -0.0800. The van der Waals surface area contributed by atoms with Crippen molar-refractivity contribution in [2.75, 3.05) is 13.7 Å². The molecule has 2 heteroatoms. The average molecular weight is 213 g/mol. The van der Waals surface area contributed by atoms with E-state index in [1.807, 2.05) is 0 Å². The molecule has 1 aliphatic carbocycles. The number of ether oxygens (including phenoxy) is 1. The zero-order valence-corrected chi connectivity index (χ0v) is 11.0. The highest BCUT2D eigenvalue weighted by atomic mass is 16.5. The molecule has 2 nitrogen and oxygen atoms in total. The minimum Gasteiger partial charge on any atom is -0.376 e. The van der Waals surface area contributed by atoms with Crippen molar-refractivity contribution in [1.29, 1.82) is 0 Å². The summed E-state index contributed by atoms with van der Waals surface area (Å²) in [6.07, 6.45) is 4.14. The van der Waals surface area contributed by atoms with E-state index in [0.29, 0.717) is 23.5 Å². The lowest BCUT2D eigenvalue weighted by atomic mass is 9.74. The van der Waals surface area contributed by atoms with E-state index in [4.69, 9.17) is 4.74 Å². The second-order valence-electron chi connectivity index (χ2n) is 6.07. The van der Waals surface area contributed by atoms with E-state index in [1.165, 1.54) is 19.3 Å². The van der Waals surface area contributed by atoms with Gasteiger partial charge in [0.25, 0.3) is 0 Å². The molecule has 0 aromatic heterocycles. The lowest BCUT2D eigenvalue weighted by Crippen LogP contribution is -2.46. The number of rotatable bonds is 4. The van der Waals surface area contributed by atoms with Crippen LogP contribution in [0.25, 0.3) is 0 Å². The number of hydrogen-bond donors (Lipinski definition) is 1. The fourth-order valence-electron chi connectivity index (χ4n) is 2.34. The first-order chi connectivity index (χ1) is 6.94. The maximum absolute atomic E-state index is 6.02. The zero-order valence-electron chi connectivity index (χ0n) is 11.0. The van der Waals surface area contributed by atoms with Crippen LogP contribution < -0.4 is 5.32 Å². The summed E-state index contributed by atoms with van der Waals surface area (Å²) in [7, 11) is 2.05. The van der Waals surface area contributed by atoms with Crippen LogP contribution in [-0.4, -0.2) is 25.8 Å². The van der Waals surface area contributed by atoms with Gasteiger partial charge in [-0.05, 0) is 37.6 Å². The van der Waals surface area contributed by atoms with Gasteiger partial charge in [-0.1, -0.05) is 27.7 Å². The summed E-state index contributed by atoms with van der Waals surface area (Å²) in [6, 6.07) is 0.553. The van der Waals surface area contributed by atoms with Crippen molar-refractivity contribution in [2.24, 2.45) is 11.3 Å². The third-order valence-electron chi connectivity index (χ3n) is 3.35. The van der Waals surface area contributed by atoms with Crippen molar-refractivity contribution in [3.05, 3.63) is 0 Å². The van der Waals surface area contributed by atoms with Crippen LogP contribution in [0.2, 0.25) is 0 Å². The van der Waals surface area contributed by atoms with Gasteiger partial charge in [0.15, 0.2) is 0 Å². The van der Waals surface area contributed by atoms with Gasteiger partial charge in [-0.25, -0.2) is 0 Å². The predicted octanol–water partition coefficient (Wildman–Crippen LogP) is 2.83. The topological polar surface area (TPSA) is 21.3 Å². The fourth-order valence-corrected chi connectivity index (χ4v) is 2.34. The summed E-state index contributed by atoms with van der Waals surface area (Å²) in [5, 5.41) is 3.39. The molecule has 0 amide bonds. The van der Waals surface area contributed by atoms with Crippen molar-refractivity contribution < 1.29 is 4.74 Å². The van der Waals surface area contributed by atoms with Gasteiger partial charge in [-0.15, -0.1) is 0 Å². The van der Waals surface area contributed by atoms with E-state index < -0.39 is 0 Å². The van der Waals surface area contributed by atoms with Crippen molar-refractivity contribution in [3.8, 4) is 0 Å². The van der Waals surface area contributed by atoms with Gasteiger partial charge in [-0.3, -0.25) is 0 Å². The predicted molar refractivity (Wildman–Crippen MR) is 65.1 cm³/mol. The fraction of sp³-hybridized carbons (Fsp3) is 1.00. The second-order valence-corrected chi connectivity index (χ2v) is 6.07. The van der Waals surface area contributed by atoms with Gasteiger partial charge in [0, 0.05) is 12.6 Å². The average Bonchev–Trinajstić information content (AvgIpc) is 2.13. The molecule has 0 bridgehead atoms. The Labute approximate surface area is 94.8 Å². The Balaban J connectivity index is 2.48. The molecule has 2 unspecified atom stereocenters. The van der Waals surface area contributed by atoms with Gasteiger partial charge >= 0.3 is 0 Å². The molecule has 1 fully saturated rings. The van der Waals surface area contributed by atoms with Crippen LogP contribution in [0, 0.1) is 11.3 Å². The van der Waals surface area contributed by atoms with Crippen LogP contribution in [-0.2, 0) is 4.74 Å². The highest BCUT2D eigenvalue weighted by molar-refractivity contribution is 4.89. The summed E-state index contributed by atoms with van der Waals surface area (Å²) in [6.45, 7) is 10.0. The smallest absolute Gasteiger partial charge is 0.0733 e. The minimum absolute atomic E-state index is 0.404. The summed E-state index contributed by atoms with van der Waals surface area (Å²) in [5.74, 6) is 0.632. The van der Waals surface area contributed by atoms with Crippen LogP contribution in [0.5, 0.6) is 0 Å². The lowest BCUT2D eigenvalue weighted by Gasteiger charge is -2.40. The van der Waals surface area contributed by atoms with Crippen LogP contribution in [0.4, 0.5) is 0 Å². The lowest BCUT2D eigenvalue weighted by molar-refractivity contribution is -0.0361. The molecule has 0 saturated heterocycles. The van der Waals surface area contributed by atoms with Crippen LogP contribution in [0.1, 0.15) is 47.0 Å². The number of nitrogens with one attached hydrogen (secondary N) is 1. The van der Waals surface area contributed by atoms with Crippen LogP contribution >= 0.6 is 0 Å². The molecule has 0 aromatic rings. The van der Waals surface area contributed by atoms with Crippen molar-refractivity contribution in [2.45, 2.75) is 59.1 Å². The zero-order chi connectivity index (χ0) is 11.5. The first kappa shape index (κ1) is 13.0. The monoisotopic (exact) mass is 213 g/mol. The Morgan fingerprint density at radius 3 is 2.60 bits per heavy atom. The molecule has 0 aromatic carbocycles. The van der Waals surface area contributed by atoms with Gasteiger partial charge < -0.3 is 10.1 Å². The SMILES string of the molecule is CNC1CCC(C)(C)CC1OCC(C)C. The van der Waals surface area contributed by atoms with Gasteiger partial charge in [0.05, 0.1) is 6.10 Å². The van der Waals surface area contributed by atoms with Gasteiger partial charge in [0.2, 0.25) is 0 Å². The van der Waals surface area contributed by atoms with Crippen molar-refractivity contribution >= 4 is 0 Å². The molecule has 1 aliphatic rings. The third-order valence-corrected chi connectivity index (χ3v) is 3.35. The Kier molecular flexibility index (Phi) is 4.60. The Bertz CT molecular complexity index is 189. The second kappa shape index (κ2) is 5.31. The first-order valence-electron chi connectivity index (χ1n) is 6.23. The molecule has 0 aliphatic heterocycles. The Morgan fingerprint density at radius 2 is 2.07 bits per heavy atom. The molecule has 0 spiro atoms. The summed E-state index contributed by atoms with van der Waals surface area (Å²) < 4.78 is 6.02. The molecule has 1 rings (SSSR count). The minimum atomic E-state index is 0.404. The van der Waals surface area contributed by atoms with E-state index in [9.17, 15) is 0 Å². The molecule has 15 heavy (non-hydrogen) atoms. The van der Waals surface area contributed by atoms with E-state index in [1.54, 1.807) is 0 Å². The Morgan fingerprint density at radius 1 is 1.40 bits per heavy atom. The maximum Gasteiger partial charge on any atom is 0.0733 e. The molecule has 90 valence electrons. The van der Waals surface area contributed by atoms with E-state index >= 15 is 0 Å². The third kappa shape index (κ3) is 4.12. The maximum atomic E-state index is 6.02. The molecule has 2 atom stereocenters. The quantitative estimate of drug-likeness (QED) is 0.775. The normalized spacial score (nSPS) is 30.8. The van der Waals surface area contributed by atoms with Gasteiger partial charge in [0.1, 0.15) is 0 Å². The highest BCUT2D eigenvalue weighted by Crippen LogP contribution is 2.36. The van der Waals surface area contributed by atoms with Gasteiger partial charge in [-0.2, -0.15) is 0 Å². The van der Waals surface area contributed by atoms with E-state index in [-0.39, 0.29) is 0 Å². The molecular formula is C13H27NO. The number of likely N-dealkylation sites (N-methyl/N-ethyl adjacent to an activating group) is 1. The molecule has 0 heterocycles. The number of hydrogen-bond acceptors (Lipinski definition) is 2. The van der Waals surface area contributed by atoms with Crippen molar-refractivity contribution in [1.82, 2.24) is 5.32 Å². The standard InChI is InChI=1S/C13H27NO/c1-10(2)9-15-12-8-13(3,4)7-6-11(12)14-5/h10-12,14H,6-9H2,1-5H3. The van der Waals surface area contributed by atoms with E-state index in [0.717, 1.165) is 6.61 Å². The largest absolute Gasteiger partial charge is 0.376 e. The van der Waals surface area contributed by atoms with E-state index in [2.05, 4.69) is 40.1 Å². The molecule has 1 N–H and O–H groups in total. The molecular weight excluding hydrogens is 186 g/mol. The van der Waals surface area contributed by atoms with Crippen LogP contribution in [0.3, 0.4) is 0 Å². The first-order valence-corrected chi connectivity index (χ1v) is 6.23. The molecule has 1 saturated carbocycles. The summed E-state index contributed by atoms with van der Waals surface area (Å²) in [5.41, 5.74) is 0.453. The van der Waals surface area contributed by atoms with Crippen molar-refractivity contribution in [3.63, 3.8) is 0 Å². The summed E-state index contributed by atoms with van der Waals surface area (Å²) in [4.78, 5) is 0. The highest BCUT2D eigenvalue weighted by Gasteiger charge is 2.34. The summed E-state index contributed by atoms with van der Waals surface area (Å²) >= 11 is 0.